The summed E-state index contributed by atoms with van der Waals surface area (Å²) in [6.45, 7) is 6.32. The Morgan fingerprint density at radius 1 is 1.23 bits per heavy atom. The Hall–Kier alpha value is -0.690. The fourth-order valence-electron chi connectivity index (χ4n) is 2.08. The molecule has 0 saturated carbocycles. The second-order valence-electron chi connectivity index (χ2n) is 5.43. The molecule has 0 spiro atoms. The van der Waals surface area contributed by atoms with Gasteiger partial charge in [-0.3, -0.25) is 4.99 Å². The van der Waals surface area contributed by atoms with E-state index in [0.29, 0.717) is 35.7 Å². The number of nitrogens with one attached hydrogen (secondary N) is 3. The lowest BCUT2D eigenvalue weighted by atomic mass is 10.1. The Labute approximate surface area is 180 Å². The fourth-order valence-corrected chi connectivity index (χ4v) is 4.94. The summed E-state index contributed by atoms with van der Waals surface area (Å²) in [7, 11) is -3.41. The minimum absolute atomic E-state index is 0. The van der Waals surface area contributed by atoms with E-state index in [2.05, 4.69) is 44.1 Å². The molecule has 2 aromatic rings. The van der Waals surface area contributed by atoms with Crippen LogP contribution in [0.5, 0.6) is 0 Å². The molecule has 2 aromatic heterocycles. The number of sulfonamides is 1. The number of hydrogen-bond donors (Lipinski definition) is 3. The molecule has 6 nitrogen and oxygen atoms in total. The van der Waals surface area contributed by atoms with Gasteiger partial charge in [0.2, 0.25) is 10.0 Å². The Morgan fingerprint density at radius 2 is 2.04 bits per heavy atom. The smallest absolute Gasteiger partial charge is 0.250 e. The molecule has 0 aliphatic carbocycles. The molecule has 0 radical (unpaired) electrons. The average molecular weight is 529 g/mol. The summed E-state index contributed by atoms with van der Waals surface area (Å²) in [6, 6.07) is 5.43. The molecule has 0 aromatic carbocycles. The monoisotopic (exact) mass is 528 g/mol. The zero-order chi connectivity index (χ0) is 18.1. The summed E-state index contributed by atoms with van der Waals surface area (Å²) < 4.78 is 27.0. The fraction of sp³-hybridized carbons (Fsp3) is 0.438. The molecular formula is C16H25IN4O2S3. The summed E-state index contributed by atoms with van der Waals surface area (Å²) in [5, 5.41) is 12.3. The van der Waals surface area contributed by atoms with Gasteiger partial charge in [-0.05, 0) is 40.8 Å². The van der Waals surface area contributed by atoms with Gasteiger partial charge in [0.25, 0.3) is 0 Å². The van der Waals surface area contributed by atoms with Crippen LogP contribution in [0.2, 0.25) is 0 Å². The first kappa shape index (κ1) is 23.3. The van der Waals surface area contributed by atoms with E-state index in [9.17, 15) is 8.42 Å². The topological polar surface area (TPSA) is 82.6 Å². The molecule has 0 amide bonds. The number of thiophene rings is 2. The standard InChI is InChI=1S/C16H24N4O2S3.HI/c1-3-17-16(19-11-13(2)14-6-10-23-12-14)18-7-8-20-25(21,22)15-5-4-9-24-15;/h4-6,9-10,12-13,20H,3,7-8,11H2,1-2H3,(H2,17,18,19);1H. The molecule has 0 fully saturated rings. The van der Waals surface area contributed by atoms with Gasteiger partial charge in [-0.15, -0.1) is 35.3 Å². The van der Waals surface area contributed by atoms with Crippen LogP contribution >= 0.6 is 46.7 Å². The summed E-state index contributed by atoms with van der Waals surface area (Å²) >= 11 is 2.89. The first-order valence-electron chi connectivity index (χ1n) is 8.10. The van der Waals surface area contributed by atoms with Gasteiger partial charge in [0.1, 0.15) is 4.21 Å². The maximum absolute atomic E-state index is 12.0. The first-order chi connectivity index (χ1) is 12.0. The van der Waals surface area contributed by atoms with E-state index in [-0.39, 0.29) is 24.0 Å². The summed E-state index contributed by atoms with van der Waals surface area (Å²) in [6.07, 6.45) is 0. The summed E-state index contributed by atoms with van der Waals surface area (Å²) in [4.78, 5) is 4.58. The molecule has 1 unspecified atom stereocenters. The second-order valence-corrected chi connectivity index (χ2v) is 9.16. The van der Waals surface area contributed by atoms with Crippen molar-refractivity contribution in [2.45, 2.75) is 24.0 Å². The molecule has 2 rings (SSSR count). The van der Waals surface area contributed by atoms with Crippen molar-refractivity contribution in [3.63, 3.8) is 0 Å². The van der Waals surface area contributed by atoms with Crippen LogP contribution in [0, 0.1) is 0 Å². The quantitative estimate of drug-likeness (QED) is 0.202. The minimum Gasteiger partial charge on any atom is -0.357 e. The molecule has 1 atom stereocenters. The molecule has 0 bridgehead atoms. The van der Waals surface area contributed by atoms with Crippen molar-refractivity contribution in [2.75, 3.05) is 26.2 Å². The molecular weight excluding hydrogens is 503 g/mol. The van der Waals surface area contributed by atoms with E-state index in [1.165, 1.54) is 16.9 Å². The molecule has 3 N–H and O–H groups in total. The van der Waals surface area contributed by atoms with Crippen molar-refractivity contribution >= 4 is 62.6 Å². The Morgan fingerprint density at radius 3 is 2.65 bits per heavy atom. The van der Waals surface area contributed by atoms with Gasteiger partial charge in [0, 0.05) is 32.1 Å². The number of hydrogen-bond acceptors (Lipinski definition) is 5. The Kier molecular flexibility index (Phi) is 10.7. The van der Waals surface area contributed by atoms with Crippen LogP contribution < -0.4 is 15.4 Å². The van der Waals surface area contributed by atoms with Gasteiger partial charge in [-0.25, -0.2) is 13.1 Å². The van der Waals surface area contributed by atoms with Crippen LogP contribution in [0.4, 0.5) is 0 Å². The van der Waals surface area contributed by atoms with E-state index < -0.39 is 10.0 Å². The second kappa shape index (κ2) is 11.9. The van der Waals surface area contributed by atoms with Crippen LogP contribution in [0.3, 0.4) is 0 Å². The van der Waals surface area contributed by atoms with Crippen molar-refractivity contribution < 1.29 is 8.42 Å². The lowest BCUT2D eigenvalue weighted by Crippen LogP contribution is -2.41. The SMILES string of the molecule is CCNC(=NCC(C)c1ccsc1)NCCNS(=O)(=O)c1cccs1.I. The van der Waals surface area contributed by atoms with E-state index >= 15 is 0 Å². The Balaban J connectivity index is 0.00000338. The summed E-state index contributed by atoms with van der Waals surface area (Å²) in [5.41, 5.74) is 1.29. The van der Waals surface area contributed by atoms with Gasteiger partial charge >= 0.3 is 0 Å². The Bertz CT molecular complexity index is 747. The lowest BCUT2D eigenvalue weighted by molar-refractivity contribution is 0.582. The van der Waals surface area contributed by atoms with E-state index in [0.717, 1.165) is 6.54 Å². The highest BCUT2D eigenvalue weighted by Crippen LogP contribution is 2.18. The average Bonchev–Trinajstić information content (AvgIpc) is 3.29. The van der Waals surface area contributed by atoms with Crippen molar-refractivity contribution in [2.24, 2.45) is 4.99 Å². The summed E-state index contributed by atoms with van der Waals surface area (Å²) in [5.74, 6) is 1.04. The van der Waals surface area contributed by atoms with Gasteiger partial charge in [-0.2, -0.15) is 11.3 Å². The predicted octanol–water partition coefficient (Wildman–Crippen LogP) is 3.06. The normalized spacial score (nSPS) is 13.1. The van der Waals surface area contributed by atoms with Crippen molar-refractivity contribution in [3.05, 3.63) is 39.9 Å². The first-order valence-corrected chi connectivity index (χ1v) is 11.4. The number of guanidine groups is 1. The van der Waals surface area contributed by atoms with Gasteiger partial charge in [0.15, 0.2) is 5.96 Å². The highest BCUT2D eigenvalue weighted by Gasteiger charge is 2.13. The van der Waals surface area contributed by atoms with Crippen molar-refractivity contribution in [3.8, 4) is 0 Å². The molecule has 0 aliphatic heterocycles. The van der Waals surface area contributed by atoms with Crippen molar-refractivity contribution in [1.82, 2.24) is 15.4 Å². The maximum atomic E-state index is 12.0. The third-order valence-electron chi connectivity index (χ3n) is 3.45. The van der Waals surface area contributed by atoms with Gasteiger partial charge in [-0.1, -0.05) is 13.0 Å². The zero-order valence-corrected chi connectivity index (χ0v) is 19.5. The maximum Gasteiger partial charge on any atom is 0.250 e. The highest BCUT2D eigenvalue weighted by molar-refractivity contribution is 14.0. The van der Waals surface area contributed by atoms with Crippen LogP contribution in [-0.4, -0.2) is 40.6 Å². The van der Waals surface area contributed by atoms with Crippen molar-refractivity contribution in [1.29, 1.82) is 0 Å². The molecule has 0 saturated heterocycles. The molecule has 10 heteroatoms. The van der Waals surface area contributed by atoms with Crippen LogP contribution in [0.15, 0.2) is 43.5 Å². The number of halogens is 1. The third kappa shape index (κ3) is 7.51. The predicted molar refractivity (Wildman–Crippen MR) is 122 cm³/mol. The lowest BCUT2D eigenvalue weighted by Gasteiger charge is -2.13. The third-order valence-corrected chi connectivity index (χ3v) is 7.01. The molecule has 0 aliphatic rings. The van der Waals surface area contributed by atoms with E-state index in [1.54, 1.807) is 28.8 Å². The van der Waals surface area contributed by atoms with Crippen LogP contribution in [0.1, 0.15) is 25.3 Å². The van der Waals surface area contributed by atoms with Gasteiger partial charge in [0.05, 0.1) is 0 Å². The van der Waals surface area contributed by atoms with Crippen LogP contribution in [-0.2, 0) is 10.0 Å². The van der Waals surface area contributed by atoms with Crippen LogP contribution in [0.25, 0.3) is 0 Å². The molecule has 26 heavy (non-hydrogen) atoms. The zero-order valence-electron chi connectivity index (χ0n) is 14.8. The molecule has 2 heterocycles. The number of aliphatic imine (C=N–C) groups is 1. The number of nitrogens with zero attached hydrogens (tertiary/aromatic N) is 1. The van der Waals surface area contributed by atoms with E-state index in [1.807, 2.05) is 6.92 Å². The van der Waals surface area contributed by atoms with Gasteiger partial charge < -0.3 is 10.6 Å². The number of rotatable bonds is 9. The minimum atomic E-state index is -3.41. The molecule has 146 valence electrons. The highest BCUT2D eigenvalue weighted by atomic mass is 127. The van der Waals surface area contributed by atoms with E-state index in [4.69, 9.17) is 0 Å². The largest absolute Gasteiger partial charge is 0.357 e.